The Hall–Kier alpha value is -14.8. The summed E-state index contributed by atoms with van der Waals surface area (Å²) in [6.45, 7) is 56.6. The highest BCUT2D eigenvalue weighted by Crippen LogP contribution is 2.58. The van der Waals surface area contributed by atoms with E-state index in [2.05, 4.69) is 567 Å². The van der Waals surface area contributed by atoms with Crippen molar-refractivity contribution in [1.29, 1.82) is 0 Å². The summed E-state index contributed by atoms with van der Waals surface area (Å²) in [6.07, 6.45) is 0. The molecule has 22 rings (SSSR count). The zero-order valence-corrected chi connectivity index (χ0v) is 89.2. The Kier molecular flexibility index (Phi) is 23.0. The lowest BCUT2D eigenvalue weighted by Crippen LogP contribution is -2.61. The molecule has 0 radical (unpaired) electrons. The first-order valence-electron chi connectivity index (χ1n) is 52.4. The standard InChI is InChI=1S/C140H135BN4/c1-133(2,3)102-57-65-122-116(78-102)117-79-103(134(4,5)6)58-66-123(117)142(122)110-61-63-120-126(86-110)144(131-112(96-53-37-49-92(69-96)88-41-29-25-30-42-88)82-108(139(19,20)21)83-113(131)97-54-38-50-93(70-97)89-43-31-26-32-44-89)128-75-101(100-73-106(137(13,14)15)77-107(74-100)138(16,17)18)76-129-130(128)141(120)121-64-62-111(143-124-67-59-104(135(7,8)9)80-118(124)119-81-105(136(10,11)12)60-68-125(119)143)87-127(121)145(129)132-114(98-55-39-51-94(71-98)90-45-33-27-34-46-90)84-109(140(22,23)24)85-115(132)99-56-40-52-95(72-99)91-47-35-28-36-48-91/h25-87H,1-24H3. The predicted octanol–water partition coefficient (Wildman–Crippen LogP) is 37.3. The third kappa shape index (κ3) is 17.3. The van der Waals surface area contributed by atoms with E-state index >= 15 is 0 Å². The van der Waals surface area contributed by atoms with Gasteiger partial charge in [0.1, 0.15) is 0 Å². The molecule has 0 aliphatic carbocycles. The van der Waals surface area contributed by atoms with Gasteiger partial charge in [-0.3, -0.25) is 0 Å². The van der Waals surface area contributed by atoms with Crippen molar-refractivity contribution in [3.63, 3.8) is 0 Å². The van der Waals surface area contributed by atoms with Gasteiger partial charge in [-0.05, 0) is 316 Å². The highest BCUT2D eigenvalue weighted by molar-refractivity contribution is 7.00. The summed E-state index contributed by atoms with van der Waals surface area (Å²) in [7, 11) is 0. The summed E-state index contributed by atoms with van der Waals surface area (Å²) in [6, 6.07) is 150. The van der Waals surface area contributed by atoms with Gasteiger partial charge in [0.2, 0.25) is 0 Å². The fraction of sp³-hybridized carbons (Fsp3) is 0.229. The molecule has 0 saturated heterocycles. The van der Waals surface area contributed by atoms with Gasteiger partial charge in [-0.2, -0.15) is 0 Å². The van der Waals surface area contributed by atoms with Gasteiger partial charge >= 0.3 is 0 Å². The van der Waals surface area contributed by atoms with Crippen LogP contribution in [0.3, 0.4) is 0 Å². The molecule has 2 aliphatic rings. The van der Waals surface area contributed by atoms with Gasteiger partial charge in [0.25, 0.3) is 6.71 Å². The zero-order chi connectivity index (χ0) is 101. The largest absolute Gasteiger partial charge is 0.310 e. The Bertz CT molecular complexity index is 7690. The first-order chi connectivity index (χ1) is 68.9. The molecule has 0 bridgehead atoms. The number of hydrogen-bond acceptors (Lipinski definition) is 2. The van der Waals surface area contributed by atoms with Crippen LogP contribution in [0.4, 0.5) is 34.1 Å². The number of nitrogens with zero attached hydrogens (tertiary/aromatic N) is 4. The molecule has 0 atom stereocenters. The number of fused-ring (bicyclic) bond motifs is 10. The molecule has 4 nitrogen and oxygen atoms in total. The minimum absolute atomic E-state index is 0.120. The maximum atomic E-state index is 2.82. The molecule has 0 spiro atoms. The normalized spacial score (nSPS) is 13.2. The highest BCUT2D eigenvalue weighted by atomic mass is 15.2. The lowest BCUT2D eigenvalue weighted by Gasteiger charge is -2.46. The van der Waals surface area contributed by atoms with Crippen LogP contribution in [-0.2, 0) is 43.3 Å². The molecule has 0 unspecified atom stereocenters. The van der Waals surface area contributed by atoms with Crippen LogP contribution >= 0.6 is 0 Å². The van der Waals surface area contributed by atoms with Crippen molar-refractivity contribution in [2.24, 2.45) is 0 Å². The average Bonchev–Trinajstić information content (AvgIpc) is 1.29. The van der Waals surface area contributed by atoms with E-state index in [1.807, 2.05) is 0 Å². The molecule has 0 saturated carbocycles. The van der Waals surface area contributed by atoms with Crippen molar-refractivity contribution < 1.29 is 0 Å². The first-order valence-corrected chi connectivity index (χ1v) is 52.4. The van der Waals surface area contributed by atoms with Crippen LogP contribution < -0.4 is 26.2 Å². The number of benzene rings is 18. The van der Waals surface area contributed by atoms with Gasteiger partial charge < -0.3 is 18.9 Å². The van der Waals surface area contributed by atoms with Crippen molar-refractivity contribution in [2.45, 2.75) is 209 Å². The summed E-state index contributed by atoms with van der Waals surface area (Å²) < 4.78 is 5.21. The molecule has 0 N–H and O–H groups in total. The topological polar surface area (TPSA) is 16.3 Å². The molecule has 18 aromatic carbocycles. The number of rotatable bonds is 13. The predicted molar refractivity (Wildman–Crippen MR) is 628 cm³/mol. The maximum Gasteiger partial charge on any atom is 0.252 e. The van der Waals surface area contributed by atoms with E-state index in [0.717, 1.165) is 168 Å². The van der Waals surface area contributed by atoms with Crippen LogP contribution in [0.15, 0.2) is 382 Å². The third-order valence-corrected chi connectivity index (χ3v) is 31.1. The molecule has 145 heavy (non-hydrogen) atoms. The van der Waals surface area contributed by atoms with Gasteiger partial charge in [0.05, 0.1) is 33.4 Å². The molecule has 0 amide bonds. The molecular weight excluding hydrogens is 1750 g/mol. The second-order valence-corrected chi connectivity index (χ2v) is 49.5. The summed E-state index contributed by atoms with van der Waals surface area (Å²) in [4.78, 5) is 5.65. The van der Waals surface area contributed by atoms with Crippen LogP contribution in [0, 0.1) is 0 Å². The van der Waals surface area contributed by atoms with Gasteiger partial charge in [-0.15, -0.1) is 0 Å². The summed E-state index contributed by atoms with van der Waals surface area (Å²) in [5, 5.41) is 4.97. The third-order valence-electron chi connectivity index (χ3n) is 31.1. The molecule has 2 aliphatic heterocycles. The minimum Gasteiger partial charge on any atom is -0.310 e. The van der Waals surface area contributed by atoms with Crippen LogP contribution in [0.1, 0.15) is 211 Å². The van der Waals surface area contributed by atoms with Crippen molar-refractivity contribution in [3.05, 3.63) is 427 Å². The van der Waals surface area contributed by atoms with E-state index < -0.39 is 6.71 Å². The fourth-order valence-electron chi connectivity index (χ4n) is 22.5. The SMILES string of the molecule is CC(C)(C)c1cc(-c2cc3c4c(c2)N(c2c(-c5cccc(-c6ccccc6)c5)cc(C(C)(C)C)cc2-c2cccc(-c5ccccc5)c2)c2cc(-n5c6ccc(C(C)(C)C)cc6c6cc(C(C)(C)C)ccc65)ccc2B4c2ccc(-n4c5ccc(C(C)(C)C)cc5c5cc(C(C)(C)C)ccc54)cc2N3c2c(-c3cccc(-c4ccccc4)c3)cc(C(C)(C)C)cc2-c2cccc(-c3ccccc3)c2)cc(C(C)(C)C)c1. The number of hydrogen-bond donors (Lipinski definition) is 0. The summed E-state index contributed by atoms with van der Waals surface area (Å²) in [5.74, 6) is 0. The minimum atomic E-state index is -0.401. The monoisotopic (exact) mass is 1880 g/mol. The van der Waals surface area contributed by atoms with Crippen molar-refractivity contribution in [1.82, 2.24) is 9.13 Å². The van der Waals surface area contributed by atoms with Gasteiger partial charge in [0, 0.05) is 77.9 Å². The highest BCUT2D eigenvalue weighted by Gasteiger charge is 2.47. The van der Waals surface area contributed by atoms with Gasteiger partial charge in [-0.25, -0.2) is 0 Å². The number of anilines is 6. The van der Waals surface area contributed by atoms with Crippen LogP contribution in [0.5, 0.6) is 0 Å². The Morgan fingerprint density at radius 1 is 0.166 bits per heavy atom. The van der Waals surface area contributed by atoms with Crippen LogP contribution in [-0.4, -0.2) is 15.8 Å². The Morgan fingerprint density at radius 3 is 0.655 bits per heavy atom. The van der Waals surface area contributed by atoms with E-state index in [0.29, 0.717) is 0 Å². The molecule has 20 aromatic rings. The van der Waals surface area contributed by atoms with E-state index in [9.17, 15) is 0 Å². The molecule has 4 heterocycles. The van der Waals surface area contributed by atoms with E-state index in [1.165, 1.54) is 82.4 Å². The molecule has 5 heteroatoms. The lowest BCUT2D eigenvalue weighted by atomic mass is 9.33. The van der Waals surface area contributed by atoms with Crippen molar-refractivity contribution >= 4 is 101 Å². The summed E-state index contributed by atoms with van der Waals surface area (Å²) >= 11 is 0. The van der Waals surface area contributed by atoms with Crippen molar-refractivity contribution in [2.75, 3.05) is 9.80 Å². The molecule has 2 aromatic heterocycles. The van der Waals surface area contributed by atoms with Crippen LogP contribution in [0.2, 0.25) is 0 Å². The second-order valence-electron chi connectivity index (χ2n) is 49.5. The van der Waals surface area contributed by atoms with Crippen molar-refractivity contribution in [3.8, 4) is 112 Å². The quantitative estimate of drug-likeness (QED) is 0.107. The van der Waals surface area contributed by atoms with E-state index in [-0.39, 0.29) is 43.3 Å². The molecule has 0 fully saturated rings. The molecular formula is C140H135BN4. The maximum absolute atomic E-state index is 2.82. The van der Waals surface area contributed by atoms with Gasteiger partial charge in [0.15, 0.2) is 0 Å². The second kappa shape index (κ2) is 35.0. The van der Waals surface area contributed by atoms with Crippen LogP contribution in [0.25, 0.3) is 155 Å². The molecule has 718 valence electrons. The average molecular weight is 1880 g/mol. The summed E-state index contributed by atoms with van der Waals surface area (Å²) in [5.41, 5.74) is 45.9. The Labute approximate surface area is 861 Å². The Morgan fingerprint density at radius 2 is 0.400 bits per heavy atom. The Balaban J connectivity index is 0.972. The van der Waals surface area contributed by atoms with Gasteiger partial charge in [-0.1, -0.05) is 415 Å². The lowest BCUT2D eigenvalue weighted by molar-refractivity contribution is 0.569. The first kappa shape index (κ1) is 95.1. The van der Waals surface area contributed by atoms with E-state index in [4.69, 9.17) is 0 Å². The number of aromatic nitrogens is 2. The fourth-order valence-corrected chi connectivity index (χ4v) is 22.5. The van der Waals surface area contributed by atoms with E-state index in [1.54, 1.807) is 0 Å². The smallest absolute Gasteiger partial charge is 0.252 e. The zero-order valence-electron chi connectivity index (χ0n) is 89.2.